The number of amides is 1. The first kappa shape index (κ1) is 17.0. The summed E-state index contributed by atoms with van der Waals surface area (Å²) in [6, 6.07) is 4.04. The molecule has 0 radical (unpaired) electrons. The molecule has 1 aromatic heterocycles. The van der Waals surface area contributed by atoms with Gasteiger partial charge in [-0.05, 0) is 25.2 Å². The Hall–Kier alpha value is -2.38. The van der Waals surface area contributed by atoms with E-state index in [-0.39, 0.29) is 16.5 Å². The van der Waals surface area contributed by atoms with Crippen molar-refractivity contribution in [3.05, 3.63) is 46.7 Å². The summed E-state index contributed by atoms with van der Waals surface area (Å²) in [6.45, 7) is 0. The quantitative estimate of drug-likeness (QED) is 0.813. The number of carbonyl (C=O) groups is 2. The molecule has 122 valence electrons. The van der Waals surface area contributed by atoms with E-state index in [4.69, 9.17) is 11.6 Å². The van der Waals surface area contributed by atoms with Gasteiger partial charge in [0.25, 0.3) is 0 Å². The molecule has 2 rings (SSSR count). The Balaban J connectivity index is 2.16. The number of carbonyl (C=O) groups excluding carboxylic acids is 2. The number of nitrogens with one attached hydrogen (secondary N) is 2. The molecule has 2 N–H and O–H groups in total. The second-order valence-corrected chi connectivity index (χ2v) is 5.25. The monoisotopic (exact) mass is 336 g/mol. The van der Waals surface area contributed by atoms with Gasteiger partial charge >= 0.3 is 5.97 Å². The van der Waals surface area contributed by atoms with Crippen molar-refractivity contribution in [3.63, 3.8) is 0 Å². The van der Waals surface area contributed by atoms with Crippen LogP contribution in [0.1, 0.15) is 22.0 Å². The molecule has 1 aromatic carbocycles. The van der Waals surface area contributed by atoms with Gasteiger partial charge in [0.05, 0.1) is 23.9 Å². The summed E-state index contributed by atoms with van der Waals surface area (Å²) in [5, 5.41) is 9.94. The second kappa shape index (κ2) is 7.26. The molecule has 23 heavy (non-hydrogen) atoms. The second-order valence-electron chi connectivity index (χ2n) is 4.84. The summed E-state index contributed by atoms with van der Waals surface area (Å²) in [4.78, 5) is 23.9. The van der Waals surface area contributed by atoms with Crippen LogP contribution in [-0.4, -0.2) is 35.8 Å². The van der Waals surface area contributed by atoms with E-state index < -0.39 is 12.0 Å². The van der Waals surface area contributed by atoms with E-state index in [0.29, 0.717) is 5.69 Å². The number of aromatic nitrogens is 2. The number of benzene rings is 1. The fourth-order valence-corrected chi connectivity index (χ4v) is 2.38. The summed E-state index contributed by atoms with van der Waals surface area (Å²) in [6.07, 6.45) is 3.38. The van der Waals surface area contributed by atoms with Crippen LogP contribution in [-0.2, 0) is 16.6 Å². The highest BCUT2D eigenvalue weighted by Crippen LogP contribution is 2.23. The largest absolute Gasteiger partial charge is 0.465 e. The fraction of sp³-hybridized carbons (Fsp3) is 0.267. The van der Waals surface area contributed by atoms with E-state index in [1.165, 1.54) is 19.2 Å². The van der Waals surface area contributed by atoms with Gasteiger partial charge in [0.2, 0.25) is 5.91 Å². The van der Waals surface area contributed by atoms with Gasteiger partial charge in [0.15, 0.2) is 0 Å². The van der Waals surface area contributed by atoms with Crippen molar-refractivity contribution < 1.29 is 14.3 Å². The van der Waals surface area contributed by atoms with E-state index in [1.54, 1.807) is 37.2 Å². The topological polar surface area (TPSA) is 85.2 Å². The van der Waals surface area contributed by atoms with Crippen LogP contribution < -0.4 is 10.6 Å². The minimum absolute atomic E-state index is 0.206. The number of ether oxygens (including phenoxy) is 1. The van der Waals surface area contributed by atoms with Gasteiger partial charge in [-0.15, -0.1) is 0 Å². The lowest BCUT2D eigenvalue weighted by atomic mass is 10.1. The maximum Gasteiger partial charge on any atom is 0.339 e. The molecule has 1 heterocycles. The van der Waals surface area contributed by atoms with Gasteiger partial charge in [-0.1, -0.05) is 11.6 Å². The van der Waals surface area contributed by atoms with Crippen molar-refractivity contribution in [2.75, 3.05) is 19.5 Å². The predicted molar refractivity (Wildman–Crippen MR) is 86.4 cm³/mol. The molecular weight excluding hydrogens is 320 g/mol. The maximum absolute atomic E-state index is 12.4. The van der Waals surface area contributed by atoms with Crippen molar-refractivity contribution in [2.24, 2.45) is 7.05 Å². The number of esters is 1. The number of likely N-dealkylation sites (N-methyl/N-ethyl adjacent to an activating group) is 1. The summed E-state index contributed by atoms with van der Waals surface area (Å²) in [7, 11) is 4.74. The molecule has 1 atom stereocenters. The molecule has 2 aromatic rings. The molecule has 0 bridgehead atoms. The van der Waals surface area contributed by atoms with E-state index in [9.17, 15) is 9.59 Å². The lowest BCUT2D eigenvalue weighted by Crippen LogP contribution is -2.30. The Morgan fingerprint density at radius 2 is 2.13 bits per heavy atom. The third-order valence-corrected chi connectivity index (χ3v) is 3.56. The molecule has 0 aliphatic carbocycles. The van der Waals surface area contributed by atoms with Crippen LogP contribution in [0.25, 0.3) is 0 Å². The number of rotatable bonds is 5. The number of anilines is 1. The average Bonchev–Trinajstić information content (AvgIpc) is 2.93. The zero-order valence-corrected chi connectivity index (χ0v) is 13.7. The first-order valence-electron chi connectivity index (χ1n) is 6.80. The van der Waals surface area contributed by atoms with Crippen LogP contribution in [0.2, 0.25) is 5.02 Å². The molecular formula is C15H17ClN4O3. The van der Waals surface area contributed by atoms with E-state index >= 15 is 0 Å². The summed E-state index contributed by atoms with van der Waals surface area (Å²) >= 11 is 6.04. The normalized spacial score (nSPS) is 11.8. The molecule has 1 amide bonds. The van der Waals surface area contributed by atoms with Crippen LogP contribution >= 0.6 is 11.6 Å². The van der Waals surface area contributed by atoms with Crippen LogP contribution in [0.4, 0.5) is 5.69 Å². The first-order valence-corrected chi connectivity index (χ1v) is 7.18. The number of halogens is 1. The maximum atomic E-state index is 12.4. The van der Waals surface area contributed by atoms with Crippen molar-refractivity contribution in [2.45, 2.75) is 6.04 Å². The molecule has 0 fully saturated rings. The van der Waals surface area contributed by atoms with Gasteiger partial charge in [0, 0.05) is 24.5 Å². The molecule has 0 spiro atoms. The Kier molecular flexibility index (Phi) is 5.36. The third kappa shape index (κ3) is 3.88. The Bertz CT molecular complexity index is 729. The number of aryl methyl sites for hydroxylation is 1. The number of nitrogens with zero attached hydrogens (tertiary/aromatic N) is 2. The Morgan fingerprint density at radius 3 is 2.65 bits per heavy atom. The summed E-state index contributed by atoms with van der Waals surface area (Å²) in [5.41, 5.74) is 1.46. The van der Waals surface area contributed by atoms with Crippen LogP contribution in [0.3, 0.4) is 0 Å². The van der Waals surface area contributed by atoms with E-state index in [1.807, 2.05) is 0 Å². The van der Waals surface area contributed by atoms with Crippen LogP contribution in [0, 0.1) is 0 Å². The highest BCUT2D eigenvalue weighted by molar-refractivity contribution is 6.34. The Morgan fingerprint density at radius 1 is 1.39 bits per heavy atom. The number of methoxy groups -OCH3 is 1. The lowest BCUT2D eigenvalue weighted by molar-refractivity contribution is -0.118. The first-order chi connectivity index (χ1) is 11.0. The van der Waals surface area contributed by atoms with Crippen molar-refractivity contribution in [3.8, 4) is 0 Å². The number of hydrogen-bond acceptors (Lipinski definition) is 5. The minimum atomic E-state index is -0.553. The molecule has 7 nitrogen and oxygen atoms in total. The van der Waals surface area contributed by atoms with Crippen LogP contribution in [0.5, 0.6) is 0 Å². The summed E-state index contributed by atoms with van der Waals surface area (Å²) < 4.78 is 6.24. The summed E-state index contributed by atoms with van der Waals surface area (Å²) in [5.74, 6) is -0.793. The molecule has 1 unspecified atom stereocenters. The van der Waals surface area contributed by atoms with E-state index in [0.717, 1.165) is 5.56 Å². The van der Waals surface area contributed by atoms with Crippen LogP contribution in [0.15, 0.2) is 30.6 Å². The zero-order valence-electron chi connectivity index (χ0n) is 13.0. The smallest absolute Gasteiger partial charge is 0.339 e. The lowest BCUT2D eigenvalue weighted by Gasteiger charge is -2.15. The molecule has 0 aliphatic rings. The highest BCUT2D eigenvalue weighted by atomic mass is 35.5. The van der Waals surface area contributed by atoms with Gasteiger partial charge in [-0.2, -0.15) is 5.10 Å². The van der Waals surface area contributed by atoms with Crippen molar-refractivity contribution >= 4 is 29.2 Å². The standard InChI is InChI=1S/C15H17ClN4O3/c1-17-13(9-7-18-20(2)8-9)14(21)19-10-4-5-11(12(16)6-10)15(22)23-3/h4-8,13,17H,1-3H3,(H,19,21). The molecule has 8 heteroatoms. The van der Waals surface area contributed by atoms with Gasteiger partial charge < -0.3 is 15.4 Å². The fourth-order valence-electron chi connectivity index (χ4n) is 2.12. The van der Waals surface area contributed by atoms with Gasteiger partial charge in [-0.3, -0.25) is 9.48 Å². The van der Waals surface area contributed by atoms with Gasteiger partial charge in [0.1, 0.15) is 6.04 Å². The molecule has 0 saturated heterocycles. The number of hydrogen-bond donors (Lipinski definition) is 2. The van der Waals surface area contributed by atoms with Crippen molar-refractivity contribution in [1.82, 2.24) is 15.1 Å². The molecule has 0 aliphatic heterocycles. The van der Waals surface area contributed by atoms with Gasteiger partial charge in [-0.25, -0.2) is 4.79 Å². The van der Waals surface area contributed by atoms with Crippen molar-refractivity contribution in [1.29, 1.82) is 0 Å². The molecule has 0 saturated carbocycles. The zero-order chi connectivity index (χ0) is 17.0. The average molecular weight is 337 g/mol. The predicted octanol–water partition coefficient (Wildman–Crippen LogP) is 1.76. The van der Waals surface area contributed by atoms with E-state index in [2.05, 4.69) is 20.5 Å². The Labute approximate surface area is 138 Å². The SMILES string of the molecule is CNC(C(=O)Nc1ccc(C(=O)OC)c(Cl)c1)c1cnn(C)c1. The highest BCUT2D eigenvalue weighted by Gasteiger charge is 2.21. The minimum Gasteiger partial charge on any atom is -0.465 e. The third-order valence-electron chi connectivity index (χ3n) is 3.25.